The molecule has 0 aliphatic rings. The average molecular weight is 590 g/mol. The maximum atomic E-state index is 12.7. The van der Waals surface area contributed by atoms with Gasteiger partial charge in [-0.15, -0.1) is 0 Å². The van der Waals surface area contributed by atoms with Crippen LogP contribution in [0.15, 0.2) is 54.6 Å². The molecule has 7 nitrogen and oxygen atoms in total. The number of ether oxygens (including phenoxy) is 1. The Hall–Kier alpha value is -2.18. The third-order valence-electron chi connectivity index (χ3n) is 7.37. The van der Waals surface area contributed by atoms with E-state index in [-0.39, 0.29) is 12.3 Å². The molecule has 4 N–H and O–H groups in total. The molecular formula is C33H52NO6P. The van der Waals surface area contributed by atoms with E-state index in [4.69, 9.17) is 4.74 Å². The number of aliphatic hydroxyl groups is 1. The van der Waals surface area contributed by atoms with Crippen molar-refractivity contribution < 1.29 is 29.0 Å². The van der Waals surface area contributed by atoms with Crippen molar-refractivity contribution in [1.82, 2.24) is 5.32 Å². The number of rotatable bonds is 23. The molecule has 0 heterocycles. The molecule has 0 aliphatic carbocycles. The van der Waals surface area contributed by atoms with Gasteiger partial charge in [0, 0.05) is 6.42 Å². The van der Waals surface area contributed by atoms with Gasteiger partial charge in [0.2, 0.25) is 5.91 Å². The van der Waals surface area contributed by atoms with Crippen LogP contribution >= 0.6 is 7.60 Å². The minimum absolute atomic E-state index is 0.203. The van der Waals surface area contributed by atoms with Crippen LogP contribution in [0.4, 0.5) is 0 Å². The molecule has 1 amide bonds. The number of hydrogen-bond acceptors (Lipinski definition) is 4. The zero-order chi connectivity index (χ0) is 29.8. The van der Waals surface area contributed by atoms with Crippen LogP contribution in [0.1, 0.15) is 108 Å². The van der Waals surface area contributed by atoms with Gasteiger partial charge in [0.1, 0.15) is 12.4 Å². The summed E-state index contributed by atoms with van der Waals surface area (Å²) in [5.74, 6) is 0.488. The zero-order valence-electron chi connectivity index (χ0n) is 24.9. The molecule has 230 valence electrons. The normalized spacial score (nSPS) is 13.1. The summed E-state index contributed by atoms with van der Waals surface area (Å²) in [7, 11) is -4.44. The number of unbranched alkanes of at least 4 members (excludes halogenated alkanes) is 12. The number of amides is 1. The van der Waals surface area contributed by atoms with Crippen LogP contribution in [0.2, 0.25) is 0 Å². The average Bonchev–Trinajstić information content (AvgIpc) is 2.94. The van der Waals surface area contributed by atoms with Gasteiger partial charge in [-0.05, 0) is 36.1 Å². The summed E-state index contributed by atoms with van der Waals surface area (Å²) < 4.78 is 17.4. The van der Waals surface area contributed by atoms with Crippen LogP contribution in [-0.4, -0.2) is 39.1 Å². The second-order valence-electron chi connectivity index (χ2n) is 11.2. The van der Waals surface area contributed by atoms with Gasteiger partial charge in [0.15, 0.2) is 0 Å². The molecule has 0 aliphatic heterocycles. The molecule has 0 fully saturated rings. The standard InChI is InChI=1S/C33H52NO6P/c1-2-3-4-5-6-7-8-9-10-11-12-13-17-20-33(36)34-31(32(35)27-41(37,38)39)25-28-21-23-30(24-22-28)40-26-29-18-15-14-16-19-29/h14-16,18-19,21-24,31-32,35H,2-13,17,20,25-27H2,1H3,(H,34,36)(H2,37,38,39)/t31-,32?/m1/s1. The first-order chi connectivity index (χ1) is 19.8. The van der Waals surface area contributed by atoms with Crippen LogP contribution in [0.5, 0.6) is 5.75 Å². The lowest BCUT2D eigenvalue weighted by molar-refractivity contribution is -0.122. The Morgan fingerprint density at radius 3 is 1.85 bits per heavy atom. The van der Waals surface area contributed by atoms with Crippen molar-refractivity contribution in [2.24, 2.45) is 0 Å². The highest BCUT2D eigenvalue weighted by atomic mass is 31.2. The Morgan fingerprint density at radius 1 is 0.780 bits per heavy atom. The monoisotopic (exact) mass is 589 g/mol. The van der Waals surface area contributed by atoms with Crippen LogP contribution < -0.4 is 10.1 Å². The lowest BCUT2D eigenvalue weighted by Crippen LogP contribution is -2.46. The summed E-state index contributed by atoms with van der Waals surface area (Å²) in [5.41, 5.74) is 1.89. The van der Waals surface area contributed by atoms with Gasteiger partial charge in [-0.3, -0.25) is 9.36 Å². The van der Waals surface area contributed by atoms with Gasteiger partial charge in [0.05, 0.1) is 18.3 Å². The number of benzene rings is 2. The third kappa shape index (κ3) is 17.4. The number of nitrogens with one attached hydrogen (secondary N) is 1. The number of hydrogen-bond donors (Lipinski definition) is 4. The second-order valence-corrected chi connectivity index (χ2v) is 12.9. The molecular weight excluding hydrogens is 537 g/mol. The first kappa shape index (κ1) is 35.0. The minimum Gasteiger partial charge on any atom is -0.489 e. The lowest BCUT2D eigenvalue weighted by atomic mass is 10.0. The van der Waals surface area contributed by atoms with Crippen molar-refractivity contribution in [1.29, 1.82) is 0 Å². The summed E-state index contributed by atoms with van der Waals surface area (Å²) >= 11 is 0. The third-order valence-corrected chi connectivity index (χ3v) is 8.22. The molecule has 8 heteroatoms. The second kappa shape index (κ2) is 20.7. The Kier molecular flexibility index (Phi) is 17.6. The minimum atomic E-state index is -4.44. The summed E-state index contributed by atoms with van der Waals surface area (Å²) in [6, 6.07) is 16.4. The predicted molar refractivity (Wildman–Crippen MR) is 166 cm³/mol. The molecule has 2 aromatic rings. The van der Waals surface area contributed by atoms with Gasteiger partial charge in [-0.25, -0.2) is 0 Å². The van der Waals surface area contributed by atoms with Crippen molar-refractivity contribution >= 4 is 13.5 Å². The van der Waals surface area contributed by atoms with Crippen molar-refractivity contribution in [3.8, 4) is 5.75 Å². The van der Waals surface area contributed by atoms with Crippen LogP contribution in [-0.2, 0) is 22.4 Å². The summed E-state index contributed by atoms with van der Waals surface area (Å²) in [6.45, 7) is 2.69. The Labute approximate surface area is 247 Å². The SMILES string of the molecule is CCCCCCCCCCCCCCCC(=O)N[C@H](Cc1ccc(OCc2ccccc2)cc1)C(O)CP(=O)(O)O. The molecule has 1 unspecified atom stereocenters. The fourth-order valence-electron chi connectivity index (χ4n) is 4.95. The number of aliphatic hydroxyl groups excluding tert-OH is 1. The Bertz CT molecular complexity index is 995. The molecule has 0 radical (unpaired) electrons. The molecule has 0 bridgehead atoms. The molecule has 2 aromatic carbocycles. The van der Waals surface area contributed by atoms with Gasteiger partial charge >= 0.3 is 7.60 Å². The maximum absolute atomic E-state index is 12.7. The molecule has 0 saturated heterocycles. The summed E-state index contributed by atoms with van der Waals surface area (Å²) in [5, 5.41) is 13.4. The van der Waals surface area contributed by atoms with Gasteiger partial charge in [-0.2, -0.15) is 0 Å². The Morgan fingerprint density at radius 2 is 1.32 bits per heavy atom. The van der Waals surface area contributed by atoms with E-state index in [0.29, 0.717) is 18.8 Å². The molecule has 2 atom stereocenters. The van der Waals surface area contributed by atoms with E-state index in [1.54, 1.807) is 0 Å². The van der Waals surface area contributed by atoms with Gasteiger partial charge < -0.3 is 24.9 Å². The van der Waals surface area contributed by atoms with E-state index in [1.165, 1.54) is 64.2 Å². The van der Waals surface area contributed by atoms with E-state index in [9.17, 15) is 24.3 Å². The van der Waals surface area contributed by atoms with Crippen LogP contribution in [0.25, 0.3) is 0 Å². The summed E-state index contributed by atoms with van der Waals surface area (Å²) in [6.07, 6.45) is 14.5. The molecule has 0 saturated carbocycles. The first-order valence-corrected chi connectivity index (χ1v) is 17.3. The largest absolute Gasteiger partial charge is 0.489 e. The Balaban J connectivity index is 1.71. The highest BCUT2D eigenvalue weighted by Gasteiger charge is 2.28. The number of carbonyl (C=O) groups is 1. The first-order valence-electron chi connectivity index (χ1n) is 15.5. The van der Waals surface area contributed by atoms with E-state index in [2.05, 4.69) is 12.2 Å². The fourth-order valence-corrected chi connectivity index (χ4v) is 5.69. The fraction of sp³-hybridized carbons (Fsp3) is 0.606. The molecule has 0 spiro atoms. The summed E-state index contributed by atoms with van der Waals surface area (Å²) in [4.78, 5) is 31.4. The molecule has 0 aromatic heterocycles. The quantitative estimate of drug-likeness (QED) is 0.0798. The van der Waals surface area contributed by atoms with Crippen molar-refractivity contribution in [2.45, 2.75) is 122 Å². The predicted octanol–water partition coefficient (Wildman–Crippen LogP) is 7.31. The zero-order valence-corrected chi connectivity index (χ0v) is 25.8. The van der Waals surface area contributed by atoms with Gasteiger partial charge in [-0.1, -0.05) is 126 Å². The van der Waals surface area contributed by atoms with Crippen molar-refractivity contribution in [3.63, 3.8) is 0 Å². The van der Waals surface area contributed by atoms with E-state index < -0.39 is 25.9 Å². The van der Waals surface area contributed by atoms with Gasteiger partial charge in [0.25, 0.3) is 0 Å². The highest BCUT2D eigenvalue weighted by molar-refractivity contribution is 7.51. The lowest BCUT2D eigenvalue weighted by Gasteiger charge is -2.25. The van der Waals surface area contributed by atoms with Crippen molar-refractivity contribution in [3.05, 3.63) is 65.7 Å². The molecule has 2 rings (SSSR count). The van der Waals surface area contributed by atoms with E-state index in [1.807, 2.05) is 54.6 Å². The van der Waals surface area contributed by atoms with E-state index in [0.717, 1.165) is 30.4 Å². The topological polar surface area (TPSA) is 116 Å². The molecule has 41 heavy (non-hydrogen) atoms. The number of carbonyl (C=O) groups excluding carboxylic acids is 1. The smallest absolute Gasteiger partial charge is 0.328 e. The van der Waals surface area contributed by atoms with Crippen molar-refractivity contribution in [2.75, 3.05) is 6.16 Å². The highest BCUT2D eigenvalue weighted by Crippen LogP contribution is 2.35. The van der Waals surface area contributed by atoms with Crippen LogP contribution in [0.3, 0.4) is 0 Å². The van der Waals surface area contributed by atoms with E-state index >= 15 is 0 Å². The maximum Gasteiger partial charge on any atom is 0.328 e. The van der Waals surface area contributed by atoms with Crippen LogP contribution in [0, 0.1) is 0 Å².